The molecule has 0 aliphatic rings. The van der Waals surface area contributed by atoms with Crippen molar-refractivity contribution in [2.75, 3.05) is 11.9 Å². The van der Waals surface area contributed by atoms with Crippen molar-refractivity contribution in [1.82, 2.24) is 15.3 Å². The zero-order valence-electron chi connectivity index (χ0n) is 10.1. The summed E-state index contributed by atoms with van der Waals surface area (Å²) in [6, 6.07) is 2.99. The number of hydrogen-bond acceptors (Lipinski definition) is 8. The van der Waals surface area contributed by atoms with Gasteiger partial charge in [0.25, 0.3) is 0 Å². The summed E-state index contributed by atoms with van der Waals surface area (Å²) in [6.45, 7) is 0.646. The number of nitro benzene ring substituents is 1. The van der Waals surface area contributed by atoms with Gasteiger partial charge in [0, 0.05) is 30.6 Å². The molecule has 0 aliphatic carbocycles. The SMILES string of the molecule is O=[N+]([O-])c1ccc(NCCc2nccs2)c2nonc12. The topological polar surface area (TPSA) is 107 Å². The Morgan fingerprint density at radius 2 is 2.20 bits per heavy atom. The van der Waals surface area contributed by atoms with Gasteiger partial charge in [0.05, 0.1) is 15.6 Å². The van der Waals surface area contributed by atoms with Gasteiger partial charge in [0.2, 0.25) is 5.52 Å². The lowest BCUT2D eigenvalue weighted by Crippen LogP contribution is -2.05. The number of nitrogens with zero attached hydrogens (tertiary/aromatic N) is 4. The Hall–Kier alpha value is -2.55. The van der Waals surface area contributed by atoms with Crippen molar-refractivity contribution >= 4 is 33.7 Å². The fraction of sp³-hybridized carbons (Fsp3) is 0.182. The van der Waals surface area contributed by atoms with Gasteiger partial charge < -0.3 is 5.32 Å². The molecular weight excluding hydrogens is 282 g/mol. The molecule has 3 aromatic rings. The third-order valence-electron chi connectivity index (χ3n) is 2.73. The average molecular weight is 291 g/mol. The zero-order chi connectivity index (χ0) is 13.9. The number of hydrogen-bond donors (Lipinski definition) is 1. The number of rotatable bonds is 5. The summed E-state index contributed by atoms with van der Waals surface area (Å²) in [5.74, 6) is 0. The highest BCUT2D eigenvalue weighted by atomic mass is 32.1. The summed E-state index contributed by atoms with van der Waals surface area (Å²) < 4.78 is 4.59. The minimum absolute atomic E-state index is 0.119. The van der Waals surface area contributed by atoms with Gasteiger partial charge in [-0.15, -0.1) is 11.3 Å². The van der Waals surface area contributed by atoms with E-state index < -0.39 is 4.92 Å². The Morgan fingerprint density at radius 1 is 1.35 bits per heavy atom. The zero-order valence-corrected chi connectivity index (χ0v) is 11.0. The molecule has 0 saturated heterocycles. The molecule has 20 heavy (non-hydrogen) atoms. The first-order valence-electron chi connectivity index (χ1n) is 5.77. The van der Waals surface area contributed by atoms with Crippen LogP contribution in [0.4, 0.5) is 11.4 Å². The molecule has 8 nitrogen and oxygen atoms in total. The van der Waals surface area contributed by atoms with Crippen LogP contribution in [0.25, 0.3) is 11.0 Å². The van der Waals surface area contributed by atoms with Crippen molar-refractivity contribution in [3.63, 3.8) is 0 Å². The van der Waals surface area contributed by atoms with E-state index in [0.717, 1.165) is 11.4 Å². The van der Waals surface area contributed by atoms with Crippen molar-refractivity contribution in [3.05, 3.63) is 38.8 Å². The summed E-state index contributed by atoms with van der Waals surface area (Å²) >= 11 is 1.58. The van der Waals surface area contributed by atoms with E-state index in [1.165, 1.54) is 6.07 Å². The summed E-state index contributed by atoms with van der Waals surface area (Å²) in [4.78, 5) is 14.5. The molecular formula is C11H9N5O3S. The molecule has 0 unspecified atom stereocenters. The molecule has 0 spiro atoms. The maximum absolute atomic E-state index is 10.9. The van der Waals surface area contributed by atoms with E-state index in [4.69, 9.17) is 0 Å². The Labute approximate surface area is 116 Å². The predicted molar refractivity (Wildman–Crippen MR) is 72.8 cm³/mol. The van der Waals surface area contributed by atoms with Crippen molar-refractivity contribution in [2.24, 2.45) is 0 Å². The van der Waals surface area contributed by atoms with Crippen LogP contribution in [0.2, 0.25) is 0 Å². The van der Waals surface area contributed by atoms with Crippen molar-refractivity contribution in [1.29, 1.82) is 0 Å². The van der Waals surface area contributed by atoms with Gasteiger partial charge in [-0.2, -0.15) is 0 Å². The number of fused-ring (bicyclic) bond motifs is 1. The smallest absolute Gasteiger partial charge is 0.300 e. The number of anilines is 1. The summed E-state index contributed by atoms with van der Waals surface area (Å²) in [6.07, 6.45) is 2.52. The van der Waals surface area contributed by atoms with Crippen LogP contribution in [-0.2, 0) is 6.42 Å². The van der Waals surface area contributed by atoms with Gasteiger partial charge in [0.1, 0.15) is 0 Å². The second kappa shape index (κ2) is 5.21. The lowest BCUT2D eigenvalue weighted by molar-refractivity contribution is -0.383. The van der Waals surface area contributed by atoms with E-state index in [1.54, 1.807) is 23.6 Å². The van der Waals surface area contributed by atoms with Gasteiger partial charge in [0.15, 0.2) is 5.52 Å². The highest BCUT2D eigenvalue weighted by molar-refractivity contribution is 7.09. The van der Waals surface area contributed by atoms with Crippen LogP contribution in [0.15, 0.2) is 28.3 Å². The molecule has 0 amide bonds. The van der Waals surface area contributed by atoms with Crippen molar-refractivity contribution < 1.29 is 9.55 Å². The first-order valence-corrected chi connectivity index (χ1v) is 6.65. The predicted octanol–water partition coefficient (Wildman–Crippen LogP) is 2.24. The van der Waals surface area contributed by atoms with Gasteiger partial charge in [-0.3, -0.25) is 10.1 Å². The van der Waals surface area contributed by atoms with Crippen LogP contribution in [0.3, 0.4) is 0 Å². The molecule has 1 N–H and O–H groups in total. The molecule has 0 saturated carbocycles. The van der Waals surface area contributed by atoms with Gasteiger partial charge in [-0.05, 0) is 16.4 Å². The maximum atomic E-state index is 10.9. The van der Waals surface area contributed by atoms with E-state index in [0.29, 0.717) is 17.7 Å². The van der Waals surface area contributed by atoms with Crippen LogP contribution in [-0.4, -0.2) is 26.8 Å². The fourth-order valence-electron chi connectivity index (χ4n) is 1.82. The van der Waals surface area contributed by atoms with E-state index in [-0.39, 0.29) is 11.2 Å². The van der Waals surface area contributed by atoms with Crippen LogP contribution >= 0.6 is 11.3 Å². The van der Waals surface area contributed by atoms with Gasteiger partial charge in [-0.25, -0.2) is 9.61 Å². The quantitative estimate of drug-likeness (QED) is 0.567. The number of non-ortho nitro benzene ring substituents is 1. The van der Waals surface area contributed by atoms with Crippen LogP contribution in [0, 0.1) is 10.1 Å². The fourth-order valence-corrected chi connectivity index (χ4v) is 2.44. The Morgan fingerprint density at radius 3 is 2.95 bits per heavy atom. The molecule has 0 radical (unpaired) electrons. The van der Waals surface area contributed by atoms with Crippen molar-refractivity contribution in [3.8, 4) is 0 Å². The molecule has 2 heterocycles. The Bertz CT molecular complexity index is 740. The molecule has 1 aromatic carbocycles. The number of thiazole rings is 1. The lowest BCUT2D eigenvalue weighted by atomic mass is 10.2. The molecule has 0 atom stereocenters. The van der Waals surface area contributed by atoms with Gasteiger partial charge in [-0.1, -0.05) is 0 Å². The second-order valence-corrected chi connectivity index (χ2v) is 4.93. The summed E-state index contributed by atoms with van der Waals surface area (Å²) in [7, 11) is 0. The minimum Gasteiger partial charge on any atom is -0.383 e. The summed E-state index contributed by atoms with van der Waals surface area (Å²) in [5.41, 5.74) is 1.04. The first-order chi connectivity index (χ1) is 9.75. The van der Waals surface area contributed by atoms with Crippen molar-refractivity contribution in [2.45, 2.75) is 6.42 Å². The van der Waals surface area contributed by atoms with Crippen LogP contribution in [0.1, 0.15) is 5.01 Å². The van der Waals surface area contributed by atoms with Crippen LogP contribution in [0.5, 0.6) is 0 Å². The molecule has 0 aliphatic heterocycles. The first kappa shape index (κ1) is 12.5. The molecule has 0 fully saturated rings. The van der Waals surface area contributed by atoms with E-state index in [1.807, 2.05) is 5.38 Å². The highest BCUT2D eigenvalue weighted by Crippen LogP contribution is 2.28. The monoisotopic (exact) mass is 291 g/mol. The van der Waals surface area contributed by atoms with E-state index in [2.05, 4.69) is 25.2 Å². The maximum Gasteiger partial charge on any atom is 0.300 e. The Kier molecular flexibility index (Phi) is 3.25. The largest absolute Gasteiger partial charge is 0.383 e. The number of benzene rings is 1. The normalized spacial score (nSPS) is 10.8. The second-order valence-electron chi connectivity index (χ2n) is 3.95. The molecule has 9 heteroatoms. The van der Waals surface area contributed by atoms with E-state index >= 15 is 0 Å². The van der Waals surface area contributed by atoms with Gasteiger partial charge >= 0.3 is 5.69 Å². The lowest BCUT2D eigenvalue weighted by Gasteiger charge is -2.04. The van der Waals surface area contributed by atoms with Crippen LogP contribution < -0.4 is 5.32 Å². The summed E-state index contributed by atoms with van der Waals surface area (Å²) in [5, 5.41) is 24.3. The number of nitrogens with one attached hydrogen (secondary N) is 1. The molecule has 2 aromatic heterocycles. The molecule has 102 valence electrons. The number of aromatic nitrogens is 3. The third-order valence-corrected chi connectivity index (χ3v) is 3.57. The van der Waals surface area contributed by atoms with E-state index in [9.17, 15) is 10.1 Å². The molecule has 3 rings (SSSR count). The number of nitro groups is 1. The Balaban J connectivity index is 1.80. The standard InChI is InChI=1S/C11H9N5O3S/c17-16(18)8-2-1-7(10-11(8)15-19-14-10)12-4-3-9-13-5-6-20-9/h1-2,5-6,12H,3-4H2. The average Bonchev–Trinajstić information content (AvgIpc) is 3.09. The molecule has 0 bridgehead atoms. The highest BCUT2D eigenvalue weighted by Gasteiger charge is 2.19. The third kappa shape index (κ3) is 2.30. The minimum atomic E-state index is -0.508.